The quantitative estimate of drug-likeness (QED) is 0.217. The van der Waals surface area contributed by atoms with Crippen LogP contribution < -0.4 is 0 Å². The van der Waals surface area contributed by atoms with Crippen molar-refractivity contribution in [1.82, 2.24) is 0 Å². The first-order chi connectivity index (χ1) is 19.8. The van der Waals surface area contributed by atoms with Crippen LogP contribution in [0.1, 0.15) is 83.4 Å². The van der Waals surface area contributed by atoms with E-state index in [0.29, 0.717) is 11.8 Å². The van der Waals surface area contributed by atoms with Crippen LogP contribution >= 0.6 is 11.8 Å². The number of fused-ring (bicyclic) bond motifs is 9. The molecule has 0 N–H and O–H groups in total. The van der Waals surface area contributed by atoms with Crippen molar-refractivity contribution in [2.45, 2.75) is 66.1 Å². The fourth-order valence-electron chi connectivity index (χ4n) is 8.18. The van der Waals surface area contributed by atoms with Crippen molar-refractivity contribution in [3.63, 3.8) is 0 Å². The molecular weight excluding hydrogens is 500 g/mol. The van der Waals surface area contributed by atoms with E-state index in [9.17, 15) is 0 Å². The molecule has 0 aromatic heterocycles. The maximum Gasteiger partial charge on any atom is 0.0735 e. The first-order valence-corrected chi connectivity index (χ1v) is 15.8. The largest absolute Gasteiger partial charge is 0.0891 e. The molecule has 5 aromatic carbocycles. The SMILES string of the molecule is CCc1ccc2c(c1C1CCC(c3ccccc3)CC1)Sc1ccccc1C21c2ccccc2-c2ccccc21. The van der Waals surface area contributed by atoms with E-state index >= 15 is 0 Å². The molecule has 3 aliphatic rings. The zero-order valence-electron chi connectivity index (χ0n) is 23.1. The summed E-state index contributed by atoms with van der Waals surface area (Å²) < 4.78 is 0. The average Bonchev–Trinajstić information content (AvgIpc) is 3.32. The monoisotopic (exact) mass is 534 g/mol. The lowest BCUT2D eigenvalue weighted by Crippen LogP contribution is -2.33. The van der Waals surface area contributed by atoms with Crippen molar-refractivity contribution in [1.29, 1.82) is 0 Å². The molecule has 0 bridgehead atoms. The molecule has 1 fully saturated rings. The van der Waals surface area contributed by atoms with Crippen molar-refractivity contribution in [2.75, 3.05) is 0 Å². The second kappa shape index (κ2) is 9.53. The van der Waals surface area contributed by atoms with E-state index in [1.54, 1.807) is 11.1 Å². The van der Waals surface area contributed by atoms with Crippen LogP contribution in [0.2, 0.25) is 0 Å². The number of rotatable bonds is 3. The molecule has 0 unspecified atom stereocenters. The van der Waals surface area contributed by atoms with Crippen molar-refractivity contribution in [3.05, 3.63) is 154 Å². The van der Waals surface area contributed by atoms with E-state index in [1.807, 2.05) is 11.8 Å². The Labute approximate surface area is 242 Å². The molecule has 1 spiro atoms. The van der Waals surface area contributed by atoms with Crippen LogP contribution in [0, 0.1) is 0 Å². The van der Waals surface area contributed by atoms with Gasteiger partial charge in [-0.15, -0.1) is 0 Å². The van der Waals surface area contributed by atoms with Gasteiger partial charge in [-0.05, 0) is 100 Å². The van der Waals surface area contributed by atoms with Crippen LogP contribution in [0.25, 0.3) is 11.1 Å². The predicted octanol–water partition coefficient (Wildman–Crippen LogP) is 10.5. The minimum atomic E-state index is -0.271. The van der Waals surface area contributed by atoms with Gasteiger partial charge in [0.15, 0.2) is 0 Å². The molecule has 0 amide bonds. The van der Waals surface area contributed by atoms with Crippen molar-refractivity contribution >= 4 is 11.8 Å². The predicted molar refractivity (Wildman–Crippen MR) is 168 cm³/mol. The molecule has 2 aliphatic carbocycles. The summed E-state index contributed by atoms with van der Waals surface area (Å²) in [5.41, 5.74) is 13.0. The van der Waals surface area contributed by atoms with Gasteiger partial charge in [-0.1, -0.05) is 128 Å². The summed E-state index contributed by atoms with van der Waals surface area (Å²) in [6.07, 6.45) is 6.18. The van der Waals surface area contributed by atoms with E-state index in [2.05, 4.69) is 122 Å². The van der Waals surface area contributed by atoms with Gasteiger partial charge in [-0.2, -0.15) is 0 Å². The first-order valence-electron chi connectivity index (χ1n) is 15.0. The number of hydrogen-bond donors (Lipinski definition) is 0. The van der Waals surface area contributed by atoms with Gasteiger partial charge < -0.3 is 0 Å². The highest BCUT2D eigenvalue weighted by atomic mass is 32.2. The molecule has 40 heavy (non-hydrogen) atoms. The Morgan fingerprint density at radius 1 is 0.575 bits per heavy atom. The molecule has 1 heterocycles. The van der Waals surface area contributed by atoms with E-state index in [-0.39, 0.29) is 5.41 Å². The molecule has 196 valence electrons. The lowest BCUT2D eigenvalue weighted by molar-refractivity contribution is 0.391. The Kier molecular flexibility index (Phi) is 5.78. The van der Waals surface area contributed by atoms with Crippen LogP contribution in [-0.2, 0) is 11.8 Å². The van der Waals surface area contributed by atoms with Crippen LogP contribution in [0.4, 0.5) is 0 Å². The molecular formula is C39H34S. The van der Waals surface area contributed by atoms with Gasteiger partial charge in [0.2, 0.25) is 0 Å². The van der Waals surface area contributed by atoms with Crippen LogP contribution in [0.3, 0.4) is 0 Å². The van der Waals surface area contributed by atoms with E-state index in [4.69, 9.17) is 0 Å². The minimum absolute atomic E-state index is 0.271. The summed E-state index contributed by atoms with van der Waals surface area (Å²) in [6, 6.07) is 43.7. The van der Waals surface area contributed by atoms with Crippen LogP contribution in [0.15, 0.2) is 125 Å². The molecule has 1 heteroatoms. The molecule has 0 atom stereocenters. The van der Waals surface area contributed by atoms with Gasteiger partial charge in [0, 0.05) is 9.79 Å². The highest BCUT2D eigenvalue weighted by molar-refractivity contribution is 7.99. The van der Waals surface area contributed by atoms with Gasteiger partial charge in [-0.25, -0.2) is 0 Å². The average molecular weight is 535 g/mol. The van der Waals surface area contributed by atoms with Crippen molar-refractivity contribution in [3.8, 4) is 11.1 Å². The Bertz CT molecular complexity index is 1680. The Hall–Kier alpha value is -3.55. The molecule has 0 radical (unpaired) electrons. The molecule has 5 aromatic rings. The Morgan fingerprint density at radius 2 is 1.15 bits per heavy atom. The van der Waals surface area contributed by atoms with Gasteiger partial charge in [0.25, 0.3) is 0 Å². The summed E-state index contributed by atoms with van der Waals surface area (Å²) in [4.78, 5) is 2.95. The van der Waals surface area contributed by atoms with E-state index < -0.39 is 0 Å². The van der Waals surface area contributed by atoms with Crippen LogP contribution in [0.5, 0.6) is 0 Å². The molecule has 1 aliphatic heterocycles. The number of hydrogen-bond acceptors (Lipinski definition) is 1. The summed E-state index contributed by atoms with van der Waals surface area (Å²) >= 11 is 2.04. The standard InChI is InChI=1S/C39H34S/c1-2-26-24-25-35-38(37(26)29-22-20-28(21-23-29)27-12-4-3-5-13-27)40-36-19-11-10-18-34(36)39(35)32-16-8-6-14-30(32)31-15-7-9-17-33(31)39/h3-19,24-25,28-29H,2,20-23H2,1H3. The maximum absolute atomic E-state index is 2.50. The van der Waals surface area contributed by atoms with Crippen molar-refractivity contribution in [2.24, 2.45) is 0 Å². The number of aryl methyl sites for hydroxylation is 1. The fourth-order valence-corrected chi connectivity index (χ4v) is 9.61. The zero-order valence-corrected chi connectivity index (χ0v) is 23.9. The Morgan fingerprint density at radius 3 is 1.82 bits per heavy atom. The van der Waals surface area contributed by atoms with Gasteiger partial charge in [0.05, 0.1) is 5.41 Å². The van der Waals surface area contributed by atoms with Gasteiger partial charge >= 0.3 is 0 Å². The minimum Gasteiger partial charge on any atom is -0.0891 e. The smallest absolute Gasteiger partial charge is 0.0735 e. The summed E-state index contributed by atoms with van der Waals surface area (Å²) in [7, 11) is 0. The summed E-state index contributed by atoms with van der Waals surface area (Å²) in [5, 5.41) is 0. The number of benzene rings is 5. The zero-order chi connectivity index (χ0) is 26.7. The van der Waals surface area contributed by atoms with Crippen molar-refractivity contribution < 1.29 is 0 Å². The van der Waals surface area contributed by atoms with Gasteiger partial charge in [-0.3, -0.25) is 0 Å². The van der Waals surface area contributed by atoms with E-state index in [1.165, 1.54) is 74.4 Å². The normalized spacial score (nSPS) is 19.9. The Balaban J connectivity index is 1.34. The topological polar surface area (TPSA) is 0 Å². The summed E-state index contributed by atoms with van der Waals surface area (Å²) in [5.74, 6) is 1.31. The van der Waals surface area contributed by atoms with E-state index in [0.717, 1.165) is 6.42 Å². The third-order valence-corrected chi connectivity index (χ3v) is 11.2. The third-order valence-electron chi connectivity index (χ3n) is 9.93. The molecule has 0 nitrogen and oxygen atoms in total. The maximum atomic E-state index is 2.50. The fraction of sp³-hybridized carbons (Fsp3) is 0.231. The highest BCUT2D eigenvalue weighted by Crippen LogP contribution is 2.63. The third kappa shape index (κ3) is 3.40. The summed E-state index contributed by atoms with van der Waals surface area (Å²) in [6.45, 7) is 2.35. The highest BCUT2D eigenvalue weighted by Gasteiger charge is 2.50. The second-order valence-corrected chi connectivity index (χ2v) is 12.8. The second-order valence-electron chi connectivity index (χ2n) is 11.8. The molecule has 8 rings (SSSR count). The lowest BCUT2D eigenvalue weighted by atomic mass is 9.66. The molecule has 1 saturated carbocycles. The van der Waals surface area contributed by atoms with Gasteiger partial charge in [0.1, 0.15) is 0 Å². The lowest BCUT2D eigenvalue weighted by Gasteiger charge is -2.42. The first kappa shape index (κ1) is 24.3. The van der Waals surface area contributed by atoms with Crippen LogP contribution in [-0.4, -0.2) is 0 Å². The molecule has 0 saturated heterocycles.